The molecule has 0 N–H and O–H groups in total. The van der Waals surface area contributed by atoms with Gasteiger partial charge in [-0.1, -0.05) is 92.3 Å². The van der Waals surface area contributed by atoms with E-state index >= 15 is 0 Å². The molecule has 2 aliphatic carbocycles. The van der Waals surface area contributed by atoms with Crippen molar-refractivity contribution in [1.82, 2.24) is 9.38 Å². The summed E-state index contributed by atoms with van der Waals surface area (Å²) >= 11 is 0. The summed E-state index contributed by atoms with van der Waals surface area (Å²) in [5.41, 5.74) is 8.01. The summed E-state index contributed by atoms with van der Waals surface area (Å²) in [6.07, 6.45) is 13.2. The third kappa shape index (κ3) is 2.79. The second kappa shape index (κ2) is 7.26. The van der Waals surface area contributed by atoms with Crippen molar-refractivity contribution in [1.29, 1.82) is 0 Å². The molecule has 0 spiro atoms. The number of hydrogen-bond donors (Lipinski definition) is 0. The molecule has 0 fully saturated rings. The molecular weight excluding hydrogens is 434 g/mol. The predicted molar refractivity (Wildman–Crippen MR) is 153 cm³/mol. The maximum Gasteiger partial charge on any atom is 0.0689 e. The molecule has 3 aromatic heterocycles. The quantitative estimate of drug-likeness (QED) is 0.260. The number of hydrogen-bond acceptors (Lipinski definition) is 1. The molecule has 36 heavy (non-hydrogen) atoms. The summed E-state index contributed by atoms with van der Waals surface area (Å²) in [6, 6.07) is 19.5. The topological polar surface area (TPSA) is 17.3 Å². The minimum absolute atomic E-state index is 0.196. The Morgan fingerprint density at radius 1 is 0.861 bits per heavy atom. The van der Waals surface area contributed by atoms with Gasteiger partial charge in [0.15, 0.2) is 0 Å². The summed E-state index contributed by atoms with van der Waals surface area (Å²) in [5, 5.41) is 3.00. The smallest absolute Gasteiger partial charge is 0.0689 e. The first-order chi connectivity index (χ1) is 17.3. The van der Waals surface area contributed by atoms with Crippen molar-refractivity contribution in [3.05, 3.63) is 108 Å². The number of para-hydroxylation sites is 2. The van der Waals surface area contributed by atoms with Gasteiger partial charge in [0.1, 0.15) is 0 Å². The molecule has 2 atom stereocenters. The number of fused-ring (bicyclic) bond motifs is 8. The van der Waals surface area contributed by atoms with E-state index in [9.17, 15) is 0 Å². The van der Waals surface area contributed by atoms with E-state index < -0.39 is 5.21 Å². The van der Waals surface area contributed by atoms with Gasteiger partial charge in [-0.05, 0) is 40.8 Å². The fourth-order valence-electron chi connectivity index (χ4n) is 6.19. The number of rotatable bonds is 2. The summed E-state index contributed by atoms with van der Waals surface area (Å²) in [4.78, 5) is 4.78. The van der Waals surface area contributed by atoms with E-state index in [0.29, 0.717) is 0 Å². The molecule has 2 aromatic carbocycles. The molecule has 4 heteroatoms. The summed E-state index contributed by atoms with van der Waals surface area (Å²) in [6.45, 7) is 6.22. The van der Waals surface area contributed by atoms with Crippen molar-refractivity contribution >= 4 is 54.5 Å². The van der Waals surface area contributed by atoms with Crippen LogP contribution in [0.4, 0.5) is 0 Å². The molecule has 2 aliphatic rings. The lowest BCUT2D eigenvalue weighted by Crippen LogP contribution is -2.41. The highest BCUT2D eigenvalue weighted by molar-refractivity contribution is 6.40. The maximum atomic E-state index is 6.63. The molecule has 0 saturated heterocycles. The average Bonchev–Trinajstić information content (AvgIpc) is 3.40. The maximum absolute atomic E-state index is 6.63. The highest BCUT2D eigenvalue weighted by atomic mass is 14.9. The van der Waals surface area contributed by atoms with Crippen LogP contribution in [0.5, 0.6) is 0 Å². The van der Waals surface area contributed by atoms with E-state index in [2.05, 4.69) is 104 Å². The van der Waals surface area contributed by atoms with E-state index in [1.807, 2.05) is 12.3 Å². The van der Waals surface area contributed by atoms with Crippen LogP contribution in [0.15, 0.2) is 85.1 Å². The summed E-state index contributed by atoms with van der Waals surface area (Å²) in [5.74, 6) is 0.435. The van der Waals surface area contributed by atoms with Gasteiger partial charge in [0.2, 0.25) is 0 Å². The van der Waals surface area contributed by atoms with Crippen molar-refractivity contribution in [2.24, 2.45) is 11.3 Å². The van der Waals surface area contributed by atoms with Gasteiger partial charge in [-0.2, -0.15) is 0 Å². The Morgan fingerprint density at radius 3 is 2.47 bits per heavy atom. The minimum atomic E-state index is -0.959. The third-order valence-electron chi connectivity index (χ3n) is 8.41. The molecule has 4 radical (unpaired) electrons. The van der Waals surface area contributed by atoms with Gasteiger partial charge in [-0.25, -0.2) is 0 Å². The van der Waals surface area contributed by atoms with Crippen LogP contribution in [0.25, 0.3) is 38.8 Å². The number of allylic oxidation sites excluding steroid dienone is 5. The third-order valence-corrected chi connectivity index (χ3v) is 8.41. The highest BCUT2D eigenvalue weighted by Gasteiger charge is 2.36. The highest BCUT2D eigenvalue weighted by Crippen LogP contribution is 2.50. The van der Waals surface area contributed by atoms with Crippen LogP contribution in [0, 0.1) is 11.3 Å². The van der Waals surface area contributed by atoms with Gasteiger partial charge < -0.3 is 4.40 Å². The molecule has 5 aromatic rings. The zero-order chi connectivity index (χ0) is 24.8. The first-order valence-electron chi connectivity index (χ1n) is 12.7. The normalized spacial score (nSPS) is 19.7. The SMILES string of the molecule is [B]C([B])(c1ccnc(C2=CC=CC3c4c(n5c6ccccc6c6cccc4c65)C=CC23)c1)C(C)(C)C. The van der Waals surface area contributed by atoms with Crippen LogP contribution in [0.1, 0.15) is 49.2 Å². The standard InChI is InChI=1S/C32H26B2N2/c1-31(2,3)32(33,34)19-16-17-35-26(18-19)21-9-6-10-23-20(21)14-15-28-29(23)25-12-7-11-24-22-8-4-5-13-27(22)36(28)30(24)25/h4-18,20,23H,1-3H3. The lowest BCUT2D eigenvalue weighted by Gasteiger charge is -2.41. The fraction of sp³-hybridized carbons (Fsp3) is 0.219. The van der Waals surface area contributed by atoms with Crippen molar-refractivity contribution in [2.75, 3.05) is 0 Å². The van der Waals surface area contributed by atoms with E-state index in [1.54, 1.807) is 0 Å². The van der Waals surface area contributed by atoms with Crippen LogP contribution in [-0.4, -0.2) is 25.1 Å². The minimum Gasteiger partial charge on any atom is -0.308 e. The van der Waals surface area contributed by atoms with Crippen molar-refractivity contribution < 1.29 is 0 Å². The molecule has 0 amide bonds. The van der Waals surface area contributed by atoms with Crippen LogP contribution < -0.4 is 0 Å². The Bertz CT molecular complexity index is 1760. The van der Waals surface area contributed by atoms with Gasteiger partial charge in [0.05, 0.1) is 38.1 Å². The monoisotopic (exact) mass is 460 g/mol. The number of pyridine rings is 1. The Hall–Kier alpha value is -3.52. The van der Waals surface area contributed by atoms with Crippen molar-refractivity contribution in [2.45, 2.75) is 31.9 Å². The first kappa shape index (κ1) is 21.7. The van der Waals surface area contributed by atoms with Gasteiger partial charge in [-0.15, -0.1) is 0 Å². The Morgan fingerprint density at radius 2 is 1.64 bits per heavy atom. The average molecular weight is 460 g/mol. The number of aromatic nitrogens is 2. The molecule has 0 bridgehead atoms. The van der Waals surface area contributed by atoms with Crippen LogP contribution in [0.3, 0.4) is 0 Å². The van der Waals surface area contributed by atoms with E-state index in [0.717, 1.165) is 11.3 Å². The van der Waals surface area contributed by atoms with E-state index in [4.69, 9.17) is 20.7 Å². The lowest BCUT2D eigenvalue weighted by atomic mass is 9.41. The molecule has 0 aliphatic heterocycles. The van der Waals surface area contributed by atoms with E-state index in [1.165, 1.54) is 44.0 Å². The first-order valence-corrected chi connectivity index (χ1v) is 12.7. The zero-order valence-electron chi connectivity index (χ0n) is 20.9. The van der Waals surface area contributed by atoms with Gasteiger partial charge in [0, 0.05) is 34.2 Å². The van der Waals surface area contributed by atoms with Gasteiger partial charge >= 0.3 is 0 Å². The molecular formula is C32H26B2N2. The lowest BCUT2D eigenvalue weighted by molar-refractivity contribution is 0.358. The second-order valence-electron chi connectivity index (χ2n) is 11.3. The summed E-state index contributed by atoms with van der Waals surface area (Å²) in [7, 11) is 13.3. The molecule has 2 unspecified atom stereocenters. The second-order valence-corrected chi connectivity index (χ2v) is 11.3. The number of nitrogens with zero attached hydrogens (tertiary/aromatic N) is 2. The van der Waals surface area contributed by atoms with Crippen LogP contribution in [-0.2, 0) is 5.21 Å². The number of benzene rings is 2. The Labute approximate surface area is 214 Å². The Kier molecular flexibility index (Phi) is 4.38. The molecule has 0 saturated carbocycles. The van der Waals surface area contributed by atoms with Gasteiger partial charge in [-0.3, -0.25) is 4.98 Å². The van der Waals surface area contributed by atoms with Crippen LogP contribution >= 0.6 is 0 Å². The van der Waals surface area contributed by atoms with E-state index in [-0.39, 0.29) is 17.3 Å². The molecule has 170 valence electrons. The van der Waals surface area contributed by atoms with Gasteiger partial charge in [0.25, 0.3) is 0 Å². The Balaban J connectivity index is 1.39. The molecule has 7 rings (SSSR count). The fourth-order valence-corrected chi connectivity index (χ4v) is 6.19. The zero-order valence-corrected chi connectivity index (χ0v) is 20.9. The summed E-state index contributed by atoms with van der Waals surface area (Å²) < 4.78 is 2.45. The predicted octanol–water partition coefficient (Wildman–Crippen LogP) is 6.99. The van der Waals surface area contributed by atoms with Crippen molar-refractivity contribution in [3.8, 4) is 0 Å². The molecule has 3 heterocycles. The largest absolute Gasteiger partial charge is 0.308 e. The molecule has 2 nitrogen and oxygen atoms in total. The van der Waals surface area contributed by atoms with Crippen molar-refractivity contribution in [3.63, 3.8) is 0 Å². The van der Waals surface area contributed by atoms with Crippen LogP contribution in [0.2, 0.25) is 0 Å².